The van der Waals surface area contributed by atoms with Crippen LogP contribution in [-0.4, -0.2) is 16.4 Å². The van der Waals surface area contributed by atoms with E-state index < -0.39 is 11.6 Å². The summed E-state index contributed by atoms with van der Waals surface area (Å²) in [6.45, 7) is 0. The Morgan fingerprint density at radius 3 is 2.70 bits per heavy atom. The standard InChI is InChI=1S/C14H13F2N3S/c1-17-13(9-4-10(15)6-11(16)5-9)7-12-8-19-2-3-20-14(19)18-12/h2-6,8,13,17H,7H2,1H3. The molecule has 20 heavy (non-hydrogen) atoms. The van der Waals surface area contributed by atoms with E-state index >= 15 is 0 Å². The summed E-state index contributed by atoms with van der Waals surface area (Å²) < 4.78 is 28.5. The van der Waals surface area contributed by atoms with Crippen molar-refractivity contribution in [3.63, 3.8) is 0 Å². The molecule has 1 atom stereocenters. The number of fused-ring (bicyclic) bond motifs is 1. The van der Waals surface area contributed by atoms with E-state index in [1.165, 1.54) is 12.1 Å². The number of hydrogen-bond donors (Lipinski definition) is 1. The Labute approximate surface area is 118 Å². The van der Waals surface area contributed by atoms with E-state index in [1.807, 2.05) is 22.2 Å². The highest BCUT2D eigenvalue weighted by Gasteiger charge is 2.14. The van der Waals surface area contributed by atoms with Crippen LogP contribution in [0.4, 0.5) is 8.78 Å². The summed E-state index contributed by atoms with van der Waals surface area (Å²) in [4.78, 5) is 5.40. The van der Waals surface area contributed by atoms with E-state index in [2.05, 4.69) is 10.3 Å². The fourth-order valence-electron chi connectivity index (χ4n) is 2.25. The molecule has 0 bridgehead atoms. The lowest BCUT2D eigenvalue weighted by Gasteiger charge is -2.15. The fourth-order valence-corrected chi connectivity index (χ4v) is 2.97. The van der Waals surface area contributed by atoms with Gasteiger partial charge >= 0.3 is 0 Å². The normalized spacial score (nSPS) is 12.9. The molecule has 0 radical (unpaired) electrons. The van der Waals surface area contributed by atoms with Gasteiger partial charge in [-0.15, -0.1) is 11.3 Å². The van der Waals surface area contributed by atoms with Gasteiger partial charge in [-0.3, -0.25) is 4.40 Å². The van der Waals surface area contributed by atoms with Crippen LogP contribution in [0.25, 0.3) is 4.96 Å². The molecule has 0 aliphatic carbocycles. The van der Waals surface area contributed by atoms with E-state index in [4.69, 9.17) is 0 Å². The predicted molar refractivity (Wildman–Crippen MR) is 74.9 cm³/mol. The highest BCUT2D eigenvalue weighted by molar-refractivity contribution is 7.15. The topological polar surface area (TPSA) is 29.3 Å². The second-order valence-corrected chi connectivity index (χ2v) is 5.45. The van der Waals surface area contributed by atoms with Gasteiger partial charge in [0.15, 0.2) is 4.96 Å². The average Bonchev–Trinajstić information content (AvgIpc) is 2.95. The Morgan fingerprint density at radius 1 is 1.30 bits per heavy atom. The monoisotopic (exact) mass is 293 g/mol. The third kappa shape index (κ3) is 2.57. The SMILES string of the molecule is CNC(Cc1cn2ccsc2n1)c1cc(F)cc(F)c1. The van der Waals surface area contributed by atoms with Crippen molar-refractivity contribution in [2.75, 3.05) is 7.05 Å². The van der Waals surface area contributed by atoms with Crippen molar-refractivity contribution in [2.24, 2.45) is 0 Å². The number of hydrogen-bond acceptors (Lipinski definition) is 3. The highest BCUT2D eigenvalue weighted by Crippen LogP contribution is 2.21. The lowest BCUT2D eigenvalue weighted by molar-refractivity contribution is 0.549. The van der Waals surface area contributed by atoms with Gasteiger partial charge in [-0.25, -0.2) is 13.8 Å². The number of rotatable bonds is 4. The third-order valence-corrected chi connectivity index (χ3v) is 3.96. The molecule has 3 nitrogen and oxygen atoms in total. The smallest absolute Gasteiger partial charge is 0.193 e. The number of likely N-dealkylation sites (N-methyl/N-ethyl adjacent to an activating group) is 1. The molecule has 0 aliphatic rings. The van der Waals surface area contributed by atoms with Crippen LogP contribution >= 0.6 is 11.3 Å². The van der Waals surface area contributed by atoms with E-state index in [1.54, 1.807) is 18.4 Å². The van der Waals surface area contributed by atoms with Gasteiger partial charge < -0.3 is 5.32 Å². The second-order valence-electron chi connectivity index (χ2n) is 4.57. The van der Waals surface area contributed by atoms with Crippen molar-refractivity contribution >= 4 is 16.3 Å². The molecule has 3 rings (SSSR count). The summed E-state index contributed by atoms with van der Waals surface area (Å²) in [5.41, 5.74) is 1.47. The molecular weight excluding hydrogens is 280 g/mol. The Kier molecular flexibility index (Phi) is 3.50. The van der Waals surface area contributed by atoms with Crippen molar-refractivity contribution in [3.05, 3.63) is 58.9 Å². The van der Waals surface area contributed by atoms with Crippen LogP contribution in [0.2, 0.25) is 0 Å². The number of imidazole rings is 1. The molecule has 2 heterocycles. The minimum absolute atomic E-state index is 0.176. The molecule has 0 spiro atoms. The predicted octanol–water partition coefficient (Wildman–Crippen LogP) is 3.18. The molecular formula is C14H13F2N3S. The Morgan fingerprint density at radius 2 is 2.05 bits per heavy atom. The minimum atomic E-state index is -0.564. The molecule has 1 unspecified atom stereocenters. The summed E-state index contributed by atoms with van der Waals surface area (Å²) in [6.07, 6.45) is 4.45. The van der Waals surface area contributed by atoms with Gasteiger partial charge in [-0.2, -0.15) is 0 Å². The zero-order valence-electron chi connectivity index (χ0n) is 10.8. The molecule has 0 aliphatic heterocycles. The van der Waals surface area contributed by atoms with Gasteiger partial charge in [-0.05, 0) is 24.7 Å². The molecule has 104 valence electrons. The number of nitrogens with one attached hydrogen (secondary N) is 1. The molecule has 0 fully saturated rings. The van der Waals surface area contributed by atoms with Crippen molar-refractivity contribution < 1.29 is 8.78 Å². The van der Waals surface area contributed by atoms with Crippen molar-refractivity contribution in [1.82, 2.24) is 14.7 Å². The molecule has 0 saturated carbocycles. The van der Waals surface area contributed by atoms with Crippen LogP contribution < -0.4 is 5.32 Å². The summed E-state index contributed by atoms with van der Waals surface area (Å²) in [5.74, 6) is -1.13. The van der Waals surface area contributed by atoms with Gasteiger partial charge in [0.1, 0.15) is 11.6 Å². The quantitative estimate of drug-likeness (QED) is 0.800. The Balaban J connectivity index is 1.87. The van der Waals surface area contributed by atoms with Crippen LogP contribution in [0.15, 0.2) is 36.0 Å². The van der Waals surface area contributed by atoms with Crippen molar-refractivity contribution in [2.45, 2.75) is 12.5 Å². The zero-order chi connectivity index (χ0) is 14.1. The largest absolute Gasteiger partial charge is 0.313 e. The first-order chi connectivity index (χ1) is 9.65. The molecule has 0 amide bonds. The lowest BCUT2D eigenvalue weighted by Crippen LogP contribution is -2.19. The molecule has 2 aromatic heterocycles. The van der Waals surface area contributed by atoms with Crippen molar-refractivity contribution in [3.8, 4) is 0 Å². The van der Waals surface area contributed by atoms with Crippen LogP contribution in [0.5, 0.6) is 0 Å². The number of benzene rings is 1. The Hall–Kier alpha value is -1.79. The van der Waals surface area contributed by atoms with Crippen LogP contribution in [0.1, 0.15) is 17.3 Å². The molecule has 3 aromatic rings. The highest BCUT2D eigenvalue weighted by atomic mass is 32.1. The first-order valence-corrected chi connectivity index (χ1v) is 7.08. The summed E-state index contributed by atoms with van der Waals surface area (Å²) >= 11 is 1.55. The second kappa shape index (κ2) is 5.30. The van der Waals surface area contributed by atoms with E-state index in [0.717, 1.165) is 16.7 Å². The minimum Gasteiger partial charge on any atom is -0.313 e. The third-order valence-electron chi connectivity index (χ3n) is 3.19. The maximum absolute atomic E-state index is 13.3. The van der Waals surface area contributed by atoms with Gasteiger partial charge in [-0.1, -0.05) is 0 Å². The average molecular weight is 293 g/mol. The lowest BCUT2D eigenvalue weighted by atomic mass is 10.0. The van der Waals surface area contributed by atoms with Crippen LogP contribution in [0.3, 0.4) is 0 Å². The van der Waals surface area contributed by atoms with Gasteiger partial charge in [0.05, 0.1) is 5.69 Å². The Bertz CT molecular complexity index is 686. The van der Waals surface area contributed by atoms with E-state index in [9.17, 15) is 8.78 Å². The number of halogens is 2. The van der Waals surface area contributed by atoms with Gasteiger partial charge in [0.2, 0.25) is 0 Å². The van der Waals surface area contributed by atoms with E-state index in [0.29, 0.717) is 12.0 Å². The first kappa shape index (κ1) is 13.2. The fraction of sp³-hybridized carbons (Fsp3) is 0.214. The number of aromatic nitrogens is 2. The summed E-state index contributed by atoms with van der Waals surface area (Å²) in [6, 6.07) is 3.40. The molecule has 1 N–H and O–H groups in total. The van der Waals surface area contributed by atoms with E-state index in [-0.39, 0.29) is 6.04 Å². The molecule has 1 aromatic carbocycles. The van der Waals surface area contributed by atoms with Crippen LogP contribution in [0, 0.1) is 11.6 Å². The summed E-state index contributed by atoms with van der Waals surface area (Å²) in [7, 11) is 1.77. The van der Waals surface area contributed by atoms with Crippen molar-refractivity contribution in [1.29, 1.82) is 0 Å². The molecule has 0 saturated heterocycles. The van der Waals surface area contributed by atoms with Gasteiger partial charge in [0.25, 0.3) is 0 Å². The number of thiazole rings is 1. The maximum Gasteiger partial charge on any atom is 0.193 e. The van der Waals surface area contributed by atoms with Gasteiger partial charge in [0, 0.05) is 36.3 Å². The number of nitrogens with zero attached hydrogens (tertiary/aromatic N) is 2. The van der Waals surface area contributed by atoms with Crippen LogP contribution in [-0.2, 0) is 6.42 Å². The molecule has 6 heteroatoms. The summed E-state index contributed by atoms with van der Waals surface area (Å²) in [5, 5.41) is 5.04. The zero-order valence-corrected chi connectivity index (χ0v) is 11.6. The first-order valence-electron chi connectivity index (χ1n) is 6.20. The maximum atomic E-state index is 13.3.